The number of halogens is 2. The molecule has 0 saturated carbocycles. The molecule has 43 heavy (non-hydrogen) atoms. The number of benzene rings is 2. The predicted octanol–water partition coefficient (Wildman–Crippen LogP) is 9.99. The van der Waals surface area contributed by atoms with Crippen molar-refractivity contribution in [3.8, 4) is 0 Å². The minimum absolute atomic E-state index is 0.0169. The number of anilines is 2. The SMILES string of the molecule is CCCCCCCCCCCCCCCCCC(=O)OCC(O)COC(=O)Cc1ccccc1Nc1c(Cl)cccc1Cl. The van der Waals surface area contributed by atoms with Gasteiger partial charge in [-0.2, -0.15) is 0 Å². The van der Waals surface area contributed by atoms with Gasteiger partial charge >= 0.3 is 11.9 Å². The van der Waals surface area contributed by atoms with Gasteiger partial charge in [-0.15, -0.1) is 0 Å². The number of para-hydroxylation sites is 2. The maximum atomic E-state index is 12.4. The van der Waals surface area contributed by atoms with E-state index in [2.05, 4.69) is 12.2 Å². The summed E-state index contributed by atoms with van der Waals surface area (Å²) in [5.74, 6) is -0.846. The van der Waals surface area contributed by atoms with Crippen LogP contribution in [0.15, 0.2) is 42.5 Å². The van der Waals surface area contributed by atoms with Crippen molar-refractivity contribution in [2.45, 2.75) is 122 Å². The standard InChI is InChI=1S/C35H51Cl2NO5/c1-2-3-4-5-6-7-8-9-10-11-12-13-14-15-16-24-33(40)42-26-29(39)27-43-34(41)25-28-20-17-18-23-32(28)38-35-30(36)21-19-22-31(35)37/h17-23,29,38-39H,2-16,24-27H2,1H3. The van der Waals surface area contributed by atoms with Crippen LogP contribution >= 0.6 is 23.2 Å². The number of aliphatic hydroxyl groups is 1. The van der Waals surface area contributed by atoms with Gasteiger partial charge in [0.25, 0.3) is 0 Å². The molecule has 0 aromatic heterocycles. The van der Waals surface area contributed by atoms with Crippen LogP contribution in [0.25, 0.3) is 0 Å². The quantitative estimate of drug-likeness (QED) is 0.0881. The lowest BCUT2D eigenvalue weighted by Gasteiger charge is -2.15. The van der Waals surface area contributed by atoms with Crippen molar-refractivity contribution < 1.29 is 24.2 Å². The Morgan fingerprint density at radius 3 is 1.74 bits per heavy atom. The van der Waals surface area contributed by atoms with Crippen LogP contribution < -0.4 is 5.32 Å². The van der Waals surface area contributed by atoms with Gasteiger partial charge in [-0.25, -0.2) is 0 Å². The van der Waals surface area contributed by atoms with E-state index in [1.165, 1.54) is 77.0 Å². The molecule has 0 spiro atoms. The van der Waals surface area contributed by atoms with Crippen LogP contribution in [0.5, 0.6) is 0 Å². The second-order valence-corrected chi connectivity index (χ2v) is 12.1. The maximum absolute atomic E-state index is 12.4. The third-order valence-corrected chi connectivity index (χ3v) is 8.06. The number of hydrogen-bond acceptors (Lipinski definition) is 6. The highest BCUT2D eigenvalue weighted by molar-refractivity contribution is 6.39. The number of esters is 2. The summed E-state index contributed by atoms with van der Waals surface area (Å²) in [6, 6.07) is 12.5. The van der Waals surface area contributed by atoms with Crippen molar-refractivity contribution in [3.63, 3.8) is 0 Å². The molecular weight excluding hydrogens is 585 g/mol. The molecule has 6 nitrogen and oxygen atoms in total. The Kier molecular flexibility index (Phi) is 19.9. The second-order valence-electron chi connectivity index (χ2n) is 11.3. The summed E-state index contributed by atoms with van der Waals surface area (Å²) in [5, 5.41) is 14.2. The average molecular weight is 637 g/mol. The molecule has 0 aliphatic carbocycles. The summed E-state index contributed by atoms with van der Waals surface area (Å²) >= 11 is 12.5. The van der Waals surface area contributed by atoms with Crippen molar-refractivity contribution in [1.82, 2.24) is 0 Å². The third-order valence-electron chi connectivity index (χ3n) is 7.43. The fraction of sp³-hybridized carbons (Fsp3) is 0.600. The monoisotopic (exact) mass is 635 g/mol. The van der Waals surface area contributed by atoms with Gasteiger partial charge in [0.2, 0.25) is 0 Å². The van der Waals surface area contributed by atoms with Crippen LogP contribution in [-0.4, -0.2) is 36.4 Å². The Hall–Kier alpha value is -2.28. The second kappa shape index (κ2) is 23.1. The molecule has 0 saturated heterocycles. The van der Waals surface area contributed by atoms with Crippen molar-refractivity contribution in [1.29, 1.82) is 0 Å². The third kappa shape index (κ3) is 17.0. The minimum Gasteiger partial charge on any atom is -0.463 e. The highest BCUT2D eigenvalue weighted by atomic mass is 35.5. The lowest BCUT2D eigenvalue weighted by molar-refractivity contribution is -0.152. The molecule has 0 aliphatic heterocycles. The Bertz CT molecular complexity index is 1040. The van der Waals surface area contributed by atoms with Gasteiger partial charge in [0.15, 0.2) is 0 Å². The van der Waals surface area contributed by atoms with Crippen LogP contribution in [0.2, 0.25) is 10.0 Å². The van der Waals surface area contributed by atoms with Gasteiger partial charge < -0.3 is 19.9 Å². The van der Waals surface area contributed by atoms with Gasteiger partial charge in [-0.3, -0.25) is 9.59 Å². The molecule has 0 radical (unpaired) electrons. The van der Waals surface area contributed by atoms with Gasteiger partial charge in [0.05, 0.1) is 22.2 Å². The van der Waals surface area contributed by atoms with Crippen molar-refractivity contribution >= 4 is 46.5 Å². The Morgan fingerprint density at radius 2 is 1.19 bits per heavy atom. The van der Waals surface area contributed by atoms with E-state index in [9.17, 15) is 14.7 Å². The van der Waals surface area contributed by atoms with E-state index in [1.807, 2.05) is 18.2 Å². The average Bonchev–Trinajstić information content (AvgIpc) is 2.99. The summed E-state index contributed by atoms with van der Waals surface area (Å²) in [7, 11) is 0. The zero-order valence-electron chi connectivity index (χ0n) is 25.9. The van der Waals surface area contributed by atoms with Crippen LogP contribution in [0.1, 0.15) is 115 Å². The maximum Gasteiger partial charge on any atom is 0.310 e. The molecule has 0 amide bonds. The Morgan fingerprint density at radius 1 is 0.698 bits per heavy atom. The topological polar surface area (TPSA) is 84.9 Å². The number of unbranched alkanes of at least 4 members (excludes halogenated alkanes) is 14. The van der Waals surface area contributed by atoms with Crippen LogP contribution in [0.3, 0.4) is 0 Å². The first-order valence-corrected chi connectivity index (χ1v) is 16.9. The Balaban J connectivity index is 1.50. The van der Waals surface area contributed by atoms with E-state index >= 15 is 0 Å². The van der Waals surface area contributed by atoms with E-state index in [4.69, 9.17) is 32.7 Å². The first kappa shape index (κ1) is 36.9. The normalized spacial score (nSPS) is 11.7. The van der Waals surface area contributed by atoms with Crippen LogP contribution in [-0.2, 0) is 25.5 Å². The van der Waals surface area contributed by atoms with E-state index in [0.29, 0.717) is 33.4 Å². The number of nitrogens with one attached hydrogen (secondary N) is 1. The van der Waals surface area contributed by atoms with Crippen LogP contribution in [0, 0.1) is 0 Å². The van der Waals surface area contributed by atoms with E-state index in [1.54, 1.807) is 24.3 Å². The summed E-state index contributed by atoms with van der Waals surface area (Å²) in [4.78, 5) is 24.5. The van der Waals surface area contributed by atoms with E-state index in [0.717, 1.165) is 19.3 Å². The smallest absolute Gasteiger partial charge is 0.310 e. The molecule has 0 bridgehead atoms. The van der Waals surface area contributed by atoms with Crippen molar-refractivity contribution in [2.75, 3.05) is 18.5 Å². The fourth-order valence-corrected chi connectivity index (χ4v) is 5.39. The zero-order valence-corrected chi connectivity index (χ0v) is 27.4. The fourth-order valence-electron chi connectivity index (χ4n) is 4.89. The van der Waals surface area contributed by atoms with Crippen molar-refractivity contribution in [3.05, 3.63) is 58.1 Å². The van der Waals surface area contributed by atoms with Gasteiger partial charge in [-0.1, -0.05) is 144 Å². The predicted molar refractivity (Wildman–Crippen MR) is 177 cm³/mol. The summed E-state index contributed by atoms with van der Waals surface area (Å²) in [6.07, 6.45) is 18.3. The van der Waals surface area contributed by atoms with Crippen LogP contribution in [0.4, 0.5) is 11.4 Å². The highest BCUT2D eigenvalue weighted by Gasteiger charge is 2.15. The van der Waals surface area contributed by atoms with Gasteiger partial charge in [0.1, 0.15) is 19.3 Å². The minimum atomic E-state index is -1.08. The molecule has 0 fully saturated rings. The molecule has 0 heterocycles. The van der Waals surface area contributed by atoms with E-state index in [-0.39, 0.29) is 25.6 Å². The molecular formula is C35H51Cl2NO5. The van der Waals surface area contributed by atoms with Gasteiger partial charge in [0, 0.05) is 12.1 Å². The molecule has 8 heteroatoms. The lowest BCUT2D eigenvalue weighted by Crippen LogP contribution is -2.26. The Labute approximate surface area is 268 Å². The molecule has 240 valence electrons. The highest BCUT2D eigenvalue weighted by Crippen LogP contribution is 2.33. The molecule has 2 aromatic carbocycles. The molecule has 1 atom stereocenters. The zero-order chi connectivity index (χ0) is 31.1. The number of hydrogen-bond donors (Lipinski definition) is 2. The largest absolute Gasteiger partial charge is 0.463 e. The summed E-state index contributed by atoms with van der Waals surface area (Å²) < 4.78 is 10.4. The summed E-state index contributed by atoms with van der Waals surface area (Å²) in [5.41, 5.74) is 1.91. The first-order valence-electron chi connectivity index (χ1n) is 16.2. The molecule has 0 aliphatic rings. The number of ether oxygens (including phenoxy) is 2. The van der Waals surface area contributed by atoms with Gasteiger partial charge in [-0.05, 0) is 30.2 Å². The number of rotatable bonds is 24. The van der Waals surface area contributed by atoms with E-state index < -0.39 is 12.1 Å². The molecule has 1 unspecified atom stereocenters. The number of aliphatic hydroxyl groups excluding tert-OH is 1. The number of carbonyl (C=O) groups is 2. The summed E-state index contributed by atoms with van der Waals surface area (Å²) in [6.45, 7) is 1.81. The van der Waals surface area contributed by atoms with Crippen molar-refractivity contribution in [2.24, 2.45) is 0 Å². The molecule has 2 N–H and O–H groups in total. The molecule has 2 aromatic rings. The number of carbonyl (C=O) groups excluding carboxylic acids is 2. The molecule has 2 rings (SSSR count). The first-order chi connectivity index (χ1) is 20.9. The lowest BCUT2D eigenvalue weighted by atomic mass is 10.0.